The first-order valence-corrected chi connectivity index (χ1v) is 21.5. The normalized spacial score (nSPS) is 29.8. The van der Waals surface area contributed by atoms with Crippen molar-refractivity contribution in [2.45, 2.75) is 86.2 Å². The van der Waals surface area contributed by atoms with E-state index in [1.54, 1.807) is 7.85 Å². The van der Waals surface area contributed by atoms with E-state index in [2.05, 4.69) is 29.1 Å². The summed E-state index contributed by atoms with van der Waals surface area (Å²) < 4.78 is 57.5. The van der Waals surface area contributed by atoms with E-state index >= 15 is 0 Å². The molecule has 0 radical (unpaired) electrons. The zero-order chi connectivity index (χ0) is 32.8. The van der Waals surface area contributed by atoms with Crippen LogP contribution in [0.3, 0.4) is 0 Å². The van der Waals surface area contributed by atoms with Crippen molar-refractivity contribution in [3.8, 4) is 0 Å². The third-order valence-corrected chi connectivity index (χ3v) is 14.9. The van der Waals surface area contributed by atoms with Gasteiger partial charge in [-0.25, -0.2) is 18.5 Å². The molecular formula is C20H39BN3O14P3S3. The molecule has 0 aromatic rings. The Balaban J connectivity index is 1.29. The molecule has 3 heterocycles. The number of fused-ring (bicyclic) bond motifs is 1. The Hall–Kier alpha value is 0.185. The zero-order valence-electron chi connectivity index (χ0n) is 24.3. The van der Waals surface area contributed by atoms with Gasteiger partial charge in [0.25, 0.3) is 0 Å². The van der Waals surface area contributed by atoms with Crippen LogP contribution in [0.1, 0.15) is 46.0 Å². The van der Waals surface area contributed by atoms with E-state index in [1.165, 1.54) is 21.6 Å². The maximum atomic E-state index is 12.4. The van der Waals surface area contributed by atoms with Gasteiger partial charge in [-0.3, -0.25) is 9.32 Å². The second kappa shape index (κ2) is 16.5. The second-order valence-electron chi connectivity index (χ2n) is 11.0. The summed E-state index contributed by atoms with van der Waals surface area (Å²) in [5.74, 6) is 1.10. The number of phosphoric ester groups is 1. The Morgan fingerprint density at radius 2 is 1.89 bits per heavy atom. The highest BCUT2D eigenvalue weighted by atomic mass is 33.1. The minimum Gasteiger partial charge on any atom is -0.379 e. The van der Waals surface area contributed by atoms with Crippen molar-refractivity contribution in [1.29, 1.82) is 0 Å². The summed E-state index contributed by atoms with van der Waals surface area (Å²) in [6.07, 6.45) is 2.08. The summed E-state index contributed by atoms with van der Waals surface area (Å²) in [6.45, 7) is 3.82. The van der Waals surface area contributed by atoms with Crippen LogP contribution in [-0.4, -0.2) is 104 Å². The SMILES string of the molecule is B[C@H]1CC(OCSSC(C)(C)CNC(=O)CCCCC2SCC3NC(=O)NC32)[C@@H](COP(=O)(O)OP(=O)(O)OP(=O)(O)O)O1. The first-order valence-electron chi connectivity index (χ1n) is 13.6. The molecule has 3 aliphatic rings. The smallest absolute Gasteiger partial charge is 0.379 e. The van der Waals surface area contributed by atoms with Crippen LogP contribution < -0.4 is 16.0 Å². The topological polar surface area (TPSA) is 249 Å². The standard InChI is InChI=1S/C20H39BN3O14P3S3/c1-20(2,10-22-17(25)6-4-3-5-15-18-12(9-42-15)23-19(26)24-18)44-43-11-34-13-7-16(21)36-14(13)8-35-40(30,31)38-41(32,33)37-39(27,28)29/h12-16,18H,3-11,21H2,1-2H3,(H,22,25)(H,30,31)(H,32,33)(H2,23,24,26)(H2,27,28,29)/t12?,13?,14-,15?,16-,18?/m1/s1. The van der Waals surface area contributed by atoms with Crippen LogP contribution in [0, 0.1) is 0 Å². The summed E-state index contributed by atoms with van der Waals surface area (Å²) in [6, 6.07) is -0.0292. The summed E-state index contributed by atoms with van der Waals surface area (Å²) in [5.41, 5.74) is 0. The van der Waals surface area contributed by atoms with Crippen LogP contribution >= 0.6 is 56.8 Å². The lowest BCUT2D eigenvalue weighted by Gasteiger charge is -2.25. The van der Waals surface area contributed by atoms with Crippen LogP contribution in [0.2, 0.25) is 0 Å². The van der Waals surface area contributed by atoms with Gasteiger partial charge >= 0.3 is 29.5 Å². The molecular weight excluding hydrogens is 706 g/mol. The molecule has 0 aromatic carbocycles. The number of unbranched alkanes of at least 4 members (excludes halogenated alkanes) is 1. The quantitative estimate of drug-likeness (QED) is 0.0247. The highest BCUT2D eigenvalue weighted by molar-refractivity contribution is 8.77. The van der Waals surface area contributed by atoms with Gasteiger partial charge in [-0.05, 0) is 33.1 Å². The van der Waals surface area contributed by atoms with Crippen molar-refractivity contribution in [3.63, 3.8) is 0 Å². The molecule has 0 aromatic heterocycles. The fraction of sp³-hybridized carbons (Fsp3) is 0.900. The van der Waals surface area contributed by atoms with Gasteiger partial charge in [-0.2, -0.15) is 20.4 Å². The number of hydrogen-bond acceptors (Lipinski definition) is 13. The van der Waals surface area contributed by atoms with E-state index in [-0.39, 0.29) is 40.7 Å². The summed E-state index contributed by atoms with van der Waals surface area (Å²) >= 11 is 1.86. The minimum absolute atomic E-state index is 0.0244. The Kier molecular flexibility index (Phi) is 14.5. The largest absolute Gasteiger partial charge is 0.490 e. The fourth-order valence-corrected chi connectivity index (χ4v) is 11.5. The lowest BCUT2D eigenvalue weighted by atomic mass is 9.96. The average molecular weight is 745 g/mol. The third-order valence-electron chi connectivity index (χ3n) is 6.61. The van der Waals surface area contributed by atoms with Gasteiger partial charge < -0.3 is 45.0 Å². The number of hydrogen-bond donors (Lipinski definition) is 7. The zero-order valence-corrected chi connectivity index (χ0v) is 29.4. The molecule has 17 nitrogen and oxygen atoms in total. The molecule has 24 heteroatoms. The Morgan fingerprint density at radius 3 is 2.59 bits per heavy atom. The van der Waals surface area contributed by atoms with Gasteiger partial charge in [-0.15, -0.1) is 0 Å². The minimum atomic E-state index is -5.61. The molecule has 44 heavy (non-hydrogen) atoms. The molecule has 0 aliphatic carbocycles. The molecule has 0 spiro atoms. The van der Waals surface area contributed by atoms with E-state index in [0.29, 0.717) is 24.6 Å². The number of urea groups is 1. The molecule has 254 valence electrons. The predicted molar refractivity (Wildman–Crippen MR) is 168 cm³/mol. The van der Waals surface area contributed by atoms with Crippen molar-refractivity contribution >= 4 is 76.6 Å². The summed E-state index contributed by atoms with van der Waals surface area (Å²) in [4.78, 5) is 60.1. The van der Waals surface area contributed by atoms with Crippen LogP contribution in [-0.2, 0) is 41.1 Å². The molecule has 3 fully saturated rings. The fourth-order valence-electron chi connectivity index (χ4n) is 4.72. The molecule has 3 aliphatic heterocycles. The van der Waals surface area contributed by atoms with Crippen LogP contribution in [0.15, 0.2) is 0 Å². The van der Waals surface area contributed by atoms with Gasteiger partial charge in [0.15, 0.2) is 0 Å². The molecule has 3 amide bonds. The predicted octanol–water partition coefficient (Wildman–Crippen LogP) is 1.42. The van der Waals surface area contributed by atoms with E-state index in [4.69, 9.17) is 19.3 Å². The highest BCUT2D eigenvalue weighted by Crippen LogP contribution is 2.66. The second-order valence-corrected chi connectivity index (χ2v) is 19.7. The molecule has 3 saturated heterocycles. The van der Waals surface area contributed by atoms with Gasteiger partial charge in [-0.1, -0.05) is 28.0 Å². The number of ether oxygens (including phenoxy) is 2. The number of carbonyl (C=O) groups is 2. The van der Waals surface area contributed by atoms with Crippen molar-refractivity contribution in [1.82, 2.24) is 16.0 Å². The number of phosphoric acid groups is 3. The summed E-state index contributed by atoms with van der Waals surface area (Å²) in [5, 5.41) is 9.25. The van der Waals surface area contributed by atoms with E-state index in [1.807, 2.05) is 25.6 Å². The van der Waals surface area contributed by atoms with Crippen molar-refractivity contribution < 1.29 is 65.5 Å². The molecule has 6 unspecified atom stereocenters. The van der Waals surface area contributed by atoms with E-state index in [9.17, 15) is 33.1 Å². The van der Waals surface area contributed by atoms with E-state index in [0.717, 1.165) is 25.0 Å². The highest BCUT2D eigenvalue weighted by Gasteiger charge is 2.43. The number of nitrogens with one attached hydrogen (secondary N) is 3. The number of carbonyl (C=O) groups excluding carboxylic acids is 2. The lowest BCUT2D eigenvalue weighted by molar-refractivity contribution is -0.121. The maximum absolute atomic E-state index is 12.4. The van der Waals surface area contributed by atoms with Crippen LogP contribution in [0.25, 0.3) is 0 Å². The van der Waals surface area contributed by atoms with Gasteiger partial charge in [0.05, 0.1) is 24.8 Å². The molecule has 0 bridgehead atoms. The van der Waals surface area contributed by atoms with Gasteiger partial charge in [0.2, 0.25) is 5.91 Å². The third kappa shape index (κ3) is 13.7. The van der Waals surface area contributed by atoms with E-state index < -0.39 is 42.3 Å². The van der Waals surface area contributed by atoms with Crippen molar-refractivity contribution in [2.24, 2.45) is 0 Å². The molecule has 3 rings (SSSR count). The van der Waals surface area contributed by atoms with Crippen LogP contribution in [0.5, 0.6) is 0 Å². The average Bonchev–Trinajstić information content (AvgIpc) is 3.53. The Bertz CT molecular complexity index is 1160. The Labute approximate surface area is 268 Å². The molecule has 8 atom stereocenters. The first-order chi connectivity index (χ1) is 20.3. The monoisotopic (exact) mass is 745 g/mol. The number of thioether (sulfide) groups is 1. The van der Waals surface area contributed by atoms with Crippen molar-refractivity contribution in [3.05, 3.63) is 0 Å². The van der Waals surface area contributed by atoms with Crippen LogP contribution in [0.4, 0.5) is 4.79 Å². The van der Waals surface area contributed by atoms with Crippen molar-refractivity contribution in [2.75, 3.05) is 24.8 Å². The lowest BCUT2D eigenvalue weighted by Crippen LogP contribution is -2.37. The first kappa shape index (κ1) is 38.6. The Morgan fingerprint density at radius 1 is 1.16 bits per heavy atom. The van der Waals surface area contributed by atoms with Gasteiger partial charge in [0.1, 0.15) is 19.9 Å². The summed E-state index contributed by atoms with van der Waals surface area (Å²) in [7, 11) is -11.7. The molecule has 7 N–H and O–H groups in total. The van der Waals surface area contributed by atoms with Gasteiger partial charge in [0, 0.05) is 34.7 Å². The number of rotatable bonds is 19. The number of amides is 3. The maximum Gasteiger partial charge on any atom is 0.490 e. The molecule has 0 saturated carbocycles.